The first kappa shape index (κ1) is 24.1. The van der Waals surface area contributed by atoms with Crippen LogP contribution < -0.4 is 4.90 Å². The summed E-state index contributed by atoms with van der Waals surface area (Å²) in [5, 5.41) is 29.2. The minimum Gasteiger partial charge on any atom is -0.477 e. The number of nitrogens with one attached hydrogen (secondary N) is 1. The Morgan fingerprint density at radius 3 is 2.37 bits per heavy atom. The molecular formula is C26H31N7O2. The van der Waals surface area contributed by atoms with Crippen LogP contribution in [0.2, 0.25) is 0 Å². The molecule has 0 atom stereocenters. The summed E-state index contributed by atoms with van der Waals surface area (Å²) in [6, 6.07) is 16.3. The fraction of sp³-hybridized carbons (Fsp3) is 0.346. The summed E-state index contributed by atoms with van der Waals surface area (Å²) in [6.07, 6.45) is 2.44. The normalized spacial score (nSPS) is 11.1. The number of rotatable bonds is 11. The molecule has 4 aromatic rings. The van der Waals surface area contributed by atoms with E-state index >= 15 is 0 Å². The summed E-state index contributed by atoms with van der Waals surface area (Å²) in [5.74, 6) is 0.184. The molecule has 0 fully saturated rings. The molecule has 0 spiro atoms. The fourth-order valence-corrected chi connectivity index (χ4v) is 4.42. The number of carboxylic acid groups (broad SMARTS) is 1. The number of carbonyl (C=O) groups is 1. The van der Waals surface area contributed by atoms with Crippen molar-refractivity contribution in [1.29, 1.82) is 0 Å². The molecule has 0 amide bonds. The average Bonchev–Trinajstić information content (AvgIpc) is 3.53. The van der Waals surface area contributed by atoms with Gasteiger partial charge in [0.25, 0.3) is 0 Å². The number of anilines is 1. The second-order valence-electron chi connectivity index (χ2n) is 8.42. The lowest BCUT2D eigenvalue weighted by Crippen LogP contribution is -2.26. The van der Waals surface area contributed by atoms with Crippen molar-refractivity contribution in [3.8, 4) is 22.5 Å². The number of tetrazole rings is 1. The number of aromatic carboxylic acids is 1. The second kappa shape index (κ2) is 10.9. The van der Waals surface area contributed by atoms with E-state index in [1.54, 1.807) is 0 Å². The molecule has 9 nitrogen and oxygen atoms in total. The van der Waals surface area contributed by atoms with E-state index in [1.165, 1.54) is 0 Å². The van der Waals surface area contributed by atoms with Crippen LogP contribution in [0.3, 0.4) is 0 Å². The molecule has 182 valence electrons. The molecule has 2 heterocycles. The van der Waals surface area contributed by atoms with Crippen LogP contribution in [0.1, 0.15) is 55.2 Å². The molecule has 35 heavy (non-hydrogen) atoms. The summed E-state index contributed by atoms with van der Waals surface area (Å²) in [7, 11) is 0. The van der Waals surface area contributed by atoms with Crippen LogP contribution in [-0.4, -0.2) is 48.0 Å². The van der Waals surface area contributed by atoms with Gasteiger partial charge < -0.3 is 10.0 Å². The van der Waals surface area contributed by atoms with Crippen molar-refractivity contribution in [2.75, 3.05) is 11.4 Å². The Labute approximate surface area is 204 Å². The van der Waals surface area contributed by atoms with Crippen LogP contribution >= 0.6 is 0 Å². The summed E-state index contributed by atoms with van der Waals surface area (Å²) >= 11 is 0. The summed E-state index contributed by atoms with van der Waals surface area (Å²) in [6.45, 7) is 8.08. The third kappa shape index (κ3) is 5.08. The van der Waals surface area contributed by atoms with Gasteiger partial charge in [-0.3, -0.25) is 4.68 Å². The first-order valence-corrected chi connectivity index (χ1v) is 12.1. The van der Waals surface area contributed by atoms with Crippen LogP contribution in [0.25, 0.3) is 22.5 Å². The number of hydrogen-bond acceptors (Lipinski definition) is 6. The maximum atomic E-state index is 12.2. The van der Waals surface area contributed by atoms with Gasteiger partial charge in [0, 0.05) is 25.2 Å². The van der Waals surface area contributed by atoms with E-state index in [2.05, 4.69) is 63.6 Å². The van der Waals surface area contributed by atoms with Crippen molar-refractivity contribution in [1.82, 2.24) is 30.4 Å². The number of nitrogens with zero attached hydrogens (tertiary/aromatic N) is 6. The molecule has 0 aliphatic rings. The summed E-state index contributed by atoms with van der Waals surface area (Å²) in [5.41, 5.74) is 5.17. The Bertz CT molecular complexity index is 1260. The highest BCUT2D eigenvalue weighted by Crippen LogP contribution is 2.31. The number of aryl methyl sites for hydroxylation is 1. The largest absolute Gasteiger partial charge is 0.477 e. The first-order valence-electron chi connectivity index (χ1n) is 12.1. The maximum Gasteiger partial charge on any atom is 0.341 e. The predicted molar refractivity (Wildman–Crippen MR) is 135 cm³/mol. The van der Waals surface area contributed by atoms with Gasteiger partial charge in [-0.25, -0.2) is 4.79 Å². The number of hydrogen-bond donors (Lipinski definition) is 2. The second-order valence-corrected chi connectivity index (χ2v) is 8.42. The highest BCUT2D eigenvalue weighted by atomic mass is 16.4. The monoisotopic (exact) mass is 473 g/mol. The van der Waals surface area contributed by atoms with Gasteiger partial charge in [0.2, 0.25) is 5.82 Å². The smallest absolute Gasteiger partial charge is 0.341 e. The molecule has 0 radical (unpaired) electrons. The molecule has 2 aromatic heterocycles. The predicted octanol–water partition coefficient (Wildman–Crippen LogP) is 4.82. The van der Waals surface area contributed by atoms with E-state index in [9.17, 15) is 9.90 Å². The molecule has 0 saturated carbocycles. The van der Waals surface area contributed by atoms with Gasteiger partial charge in [-0.05, 0) is 41.7 Å². The molecule has 0 bridgehead atoms. The minimum absolute atomic E-state index is 0.327. The molecule has 0 unspecified atom stereocenters. The lowest BCUT2D eigenvalue weighted by atomic mass is 9.98. The number of aromatic nitrogens is 6. The first-order chi connectivity index (χ1) is 17.1. The van der Waals surface area contributed by atoms with E-state index in [-0.39, 0.29) is 0 Å². The summed E-state index contributed by atoms with van der Waals surface area (Å²) in [4.78, 5) is 14.3. The van der Waals surface area contributed by atoms with Crippen molar-refractivity contribution >= 4 is 11.8 Å². The highest BCUT2D eigenvalue weighted by molar-refractivity contribution is 5.95. The number of carboxylic acids is 1. The average molecular weight is 474 g/mol. The zero-order valence-electron chi connectivity index (χ0n) is 20.4. The Kier molecular flexibility index (Phi) is 7.54. The molecule has 4 rings (SSSR count). The lowest BCUT2D eigenvalue weighted by molar-refractivity contribution is 0.0696. The minimum atomic E-state index is -0.919. The SMILES string of the molecule is CCCc1c(C(=O)O)c(N(CCC)Cc2ccc(-c3ccccc3-c3nn[nH]n3)cc2)nn1CC. The molecular weight excluding hydrogens is 442 g/mol. The molecule has 9 heteroatoms. The van der Waals surface area contributed by atoms with Gasteiger partial charge >= 0.3 is 5.97 Å². The van der Waals surface area contributed by atoms with E-state index < -0.39 is 5.97 Å². The van der Waals surface area contributed by atoms with Crippen LogP contribution in [0.5, 0.6) is 0 Å². The molecule has 0 aliphatic heterocycles. The molecule has 0 aliphatic carbocycles. The summed E-state index contributed by atoms with van der Waals surface area (Å²) < 4.78 is 1.84. The van der Waals surface area contributed by atoms with Gasteiger partial charge in [-0.1, -0.05) is 68.8 Å². The van der Waals surface area contributed by atoms with Gasteiger partial charge in [0.15, 0.2) is 5.82 Å². The van der Waals surface area contributed by atoms with Crippen molar-refractivity contribution in [3.63, 3.8) is 0 Å². The number of H-pyrrole nitrogens is 1. The van der Waals surface area contributed by atoms with Crippen molar-refractivity contribution in [3.05, 3.63) is 65.4 Å². The van der Waals surface area contributed by atoms with Gasteiger partial charge in [-0.15, -0.1) is 10.2 Å². The van der Waals surface area contributed by atoms with E-state index in [0.717, 1.165) is 47.3 Å². The quantitative estimate of drug-likeness (QED) is 0.321. The Morgan fingerprint density at radius 1 is 1.03 bits per heavy atom. The van der Waals surface area contributed by atoms with E-state index in [0.29, 0.717) is 36.7 Å². The number of aromatic amines is 1. The standard InChI is InChI=1S/C26H31N7O2/c1-4-9-22-23(26(34)35)25(29-33(22)6-3)32(16-5-2)17-18-12-14-19(15-13-18)20-10-7-8-11-21(20)24-27-30-31-28-24/h7-8,10-15H,4-6,9,16-17H2,1-3H3,(H,34,35)(H,27,28,30,31). The number of benzene rings is 2. The van der Waals surface area contributed by atoms with Crippen molar-refractivity contribution in [2.24, 2.45) is 0 Å². The van der Waals surface area contributed by atoms with Gasteiger partial charge in [0.1, 0.15) is 5.56 Å². The zero-order chi connectivity index (χ0) is 24.8. The van der Waals surface area contributed by atoms with Crippen molar-refractivity contribution in [2.45, 2.75) is 53.1 Å². The van der Waals surface area contributed by atoms with Gasteiger partial charge in [0.05, 0.1) is 5.69 Å². The van der Waals surface area contributed by atoms with Crippen LogP contribution in [0, 0.1) is 0 Å². The third-order valence-corrected chi connectivity index (χ3v) is 5.98. The fourth-order valence-electron chi connectivity index (χ4n) is 4.42. The maximum absolute atomic E-state index is 12.2. The van der Waals surface area contributed by atoms with Crippen LogP contribution in [0.15, 0.2) is 48.5 Å². The molecule has 2 aromatic carbocycles. The highest BCUT2D eigenvalue weighted by Gasteiger charge is 2.26. The van der Waals surface area contributed by atoms with Crippen LogP contribution in [0.4, 0.5) is 5.82 Å². The van der Waals surface area contributed by atoms with Crippen LogP contribution in [-0.2, 0) is 19.5 Å². The molecule has 2 N–H and O–H groups in total. The van der Waals surface area contributed by atoms with E-state index in [4.69, 9.17) is 5.10 Å². The van der Waals surface area contributed by atoms with Gasteiger partial charge in [-0.2, -0.15) is 10.3 Å². The Balaban J connectivity index is 1.65. The molecule has 0 saturated heterocycles. The van der Waals surface area contributed by atoms with E-state index in [1.807, 2.05) is 35.9 Å². The Morgan fingerprint density at radius 2 is 1.77 bits per heavy atom. The Hall–Kier alpha value is -4.01. The third-order valence-electron chi connectivity index (χ3n) is 5.98. The topological polar surface area (TPSA) is 113 Å². The zero-order valence-corrected chi connectivity index (χ0v) is 20.4. The lowest BCUT2D eigenvalue weighted by Gasteiger charge is -2.23. The van der Waals surface area contributed by atoms with Crippen molar-refractivity contribution < 1.29 is 9.90 Å².